The van der Waals surface area contributed by atoms with Gasteiger partial charge < -0.3 is 20.2 Å². The highest BCUT2D eigenvalue weighted by Crippen LogP contribution is 2.33. The Morgan fingerprint density at radius 2 is 1.59 bits per heavy atom. The Hall–Kier alpha value is -2.70. The first-order valence-electron chi connectivity index (χ1n) is 11.5. The molecule has 2 aromatic rings. The van der Waals surface area contributed by atoms with Crippen LogP contribution in [0.25, 0.3) is 0 Å². The van der Waals surface area contributed by atoms with E-state index in [9.17, 15) is 9.59 Å². The maximum atomic E-state index is 13.2. The number of aryl methyl sites for hydroxylation is 2. The van der Waals surface area contributed by atoms with Gasteiger partial charge in [-0.25, -0.2) is 0 Å². The third kappa shape index (κ3) is 4.87. The Morgan fingerprint density at radius 3 is 2.19 bits per heavy atom. The van der Waals surface area contributed by atoms with Crippen molar-refractivity contribution in [2.24, 2.45) is 11.8 Å². The van der Waals surface area contributed by atoms with Crippen LogP contribution in [0.15, 0.2) is 48.5 Å². The lowest BCUT2D eigenvalue weighted by atomic mass is 10.0. The summed E-state index contributed by atoms with van der Waals surface area (Å²) < 4.78 is 0. The van der Waals surface area contributed by atoms with Gasteiger partial charge >= 0.3 is 0 Å². The van der Waals surface area contributed by atoms with Crippen LogP contribution in [0.4, 0.5) is 0 Å². The number of benzene rings is 2. The molecule has 2 N–H and O–H groups in total. The number of likely N-dealkylation sites (tertiary alicyclic amines) is 2. The lowest BCUT2D eigenvalue weighted by molar-refractivity contribution is -0.124. The number of nitrogens with zero attached hydrogens (tertiary/aromatic N) is 2. The Morgan fingerprint density at radius 1 is 0.969 bits per heavy atom. The molecule has 0 aliphatic carbocycles. The van der Waals surface area contributed by atoms with Gasteiger partial charge in [0, 0.05) is 38.3 Å². The van der Waals surface area contributed by atoms with E-state index in [2.05, 4.69) is 10.2 Å². The summed E-state index contributed by atoms with van der Waals surface area (Å²) in [6, 6.07) is 15.8. The van der Waals surface area contributed by atoms with Gasteiger partial charge in [0.1, 0.15) is 6.61 Å². The molecular weight excluding hydrogens is 402 g/mol. The van der Waals surface area contributed by atoms with Crippen LogP contribution in [0, 0.1) is 25.7 Å². The molecule has 170 valence electrons. The van der Waals surface area contributed by atoms with E-state index in [1.807, 2.05) is 67.3 Å². The minimum absolute atomic E-state index is 0.113. The number of carbonyl (C=O) groups excluding carboxylic acids is 2. The maximum absolute atomic E-state index is 13.2. The molecule has 6 nitrogen and oxygen atoms in total. The molecule has 3 atom stereocenters. The topological polar surface area (TPSA) is 72.9 Å². The number of fused-ring (bicyclic) bond motifs is 1. The van der Waals surface area contributed by atoms with E-state index in [1.54, 1.807) is 0 Å². The van der Waals surface area contributed by atoms with Crippen molar-refractivity contribution in [1.82, 2.24) is 15.1 Å². The van der Waals surface area contributed by atoms with Crippen molar-refractivity contribution >= 4 is 11.8 Å². The predicted octanol–water partition coefficient (Wildman–Crippen LogP) is 2.55. The maximum Gasteiger partial charge on any atom is 0.254 e. The third-order valence-electron chi connectivity index (χ3n) is 6.96. The van der Waals surface area contributed by atoms with Gasteiger partial charge in [0.15, 0.2) is 0 Å². The lowest BCUT2D eigenvalue weighted by Gasteiger charge is -2.25. The lowest BCUT2D eigenvalue weighted by Crippen LogP contribution is -2.36. The number of aliphatic hydroxyl groups is 1. The summed E-state index contributed by atoms with van der Waals surface area (Å²) in [4.78, 5) is 29.5. The number of aliphatic hydroxyl groups excluding tert-OH is 1. The van der Waals surface area contributed by atoms with Crippen LogP contribution in [0.1, 0.15) is 39.5 Å². The average molecular weight is 436 g/mol. The Bertz CT molecular complexity index is 928. The van der Waals surface area contributed by atoms with Crippen LogP contribution in [0.2, 0.25) is 0 Å². The van der Waals surface area contributed by atoms with E-state index in [-0.39, 0.29) is 17.9 Å². The molecule has 2 saturated heterocycles. The molecule has 2 unspecified atom stereocenters. The van der Waals surface area contributed by atoms with E-state index in [4.69, 9.17) is 5.11 Å². The summed E-state index contributed by atoms with van der Waals surface area (Å²) in [7, 11) is 0. The monoisotopic (exact) mass is 435 g/mol. The molecule has 0 spiro atoms. The van der Waals surface area contributed by atoms with E-state index in [1.165, 1.54) is 0 Å². The largest absolute Gasteiger partial charge is 0.387 e. The van der Waals surface area contributed by atoms with Gasteiger partial charge in [0.05, 0.1) is 6.04 Å². The standard InChI is InChI=1S/C26H33N3O3/c1-18-7-6-8-19(2)25(18)26(32)29-15-21-13-28(14-22(21)16-29)12-11-23(27-24(31)17-30)20-9-4-3-5-10-20/h3-10,21-23,30H,11-17H2,1-2H3,(H,27,31)/t21?,22?,23-/m0/s1. The molecule has 2 fully saturated rings. The zero-order valence-corrected chi connectivity index (χ0v) is 19.0. The summed E-state index contributed by atoms with van der Waals surface area (Å²) in [6.45, 7) is 8.00. The van der Waals surface area contributed by atoms with E-state index >= 15 is 0 Å². The Labute approximate surface area is 190 Å². The minimum Gasteiger partial charge on any atom is -0.387 e. The van der Waals surface area contributed by atoms with Gasteiger partial charge in [-0.15, -0.1) is 0 Å². The van der Waals surface area contributed by atoms with Crippen molar-refractivity contribution in [3.05, 3.63) is 70.8 Å². The molecular formula is C26H33N3O3. The van der Waals surface area contributed by atoms with Crippen LogP contribution in [0.3, 0.4) is 0 Å². The van der Waals surface area contributed by atoms with Crippen molar-refractivity contribution in [3.63, 3.8) is 0 Å². The van der Waals surface area contributed by atoms with Crippen molar-refractivity contribution in [2.45, 2.75) is 26.3 Å². The van der Waals surface area contributed by atoms with E-state index < -0.39 is 6.61 Å². The molecule has 6 heteroatoms. The SMILES string of the molecule is Cc1cccc(C)c1C(=O)N1CC2CN(CC[C@H](NC(=O)CO)c3ccccc3)CC2C1. The quantitative estimate of drug-likeness (QED) is 0.701. The Kier molecular flexibility index (Phi) is 6.92. The highest BCUT2D eigenvalue weighted by Gasteiger charge is 2.42. The first-order chi connectivity index (χ1) is 15.5. The summed E-state index contributed by atoms with van der Waals surface area (Å²) >= 11 is 0. The molecule has 0 bridgehead atoms. The molecule has 0 radical (unpaired) electrons. The van der Waals surface area contributed by atoms with Gasteiger partial charge in [0.25, 0.3) is 5.91 Å². The third-order valence-corrected chi connectivity index (χ3v) is 6.96. The first kappa shape index (κ1) is 22.5. The summed E-state index contributed by atoms with van der Waals surface area (Å²) in [5.41, 5.74) is 4.00. The number of amides is 2. The molecule has 2 amide bonds. The fraction of sp³-hybridized carbons (Fsp3) is 0.462. The normalized spacial score (nSPS) is 21.4. The van der Waals surface area contributed by atoms with E-state index in [0.717, 1.165) is 61.4 Å². The molecule has 2 heterocycles. The van der Waals surface area contributed by atoms with Crippen molar-refractivity contribution < 1.29 is 14.7 Å². The van der Waals surface area contributed by atoms with Gasteiger partial charge in [-0.05, 0) is 48.8 Å². The van der Waals surface area contributed by atoms with Gasteiger partial charge in [-0.2, -0.15) is 0 Å². The summed E-state index contributed by atoms with van der Waals surface area (Å²) in [5.74, 6) is 0.825. The molecule has 2 aliphatic rings. The fourth-order valence-corrected chi connectivity index (χ4v) is 5.31. The molecule has 4 rings (SSSR count). The zero-order valence-electron chi connectivity index (χ0n) is 19.0. The fourth-order valence-electron chi connectivity index (χ4n) is 5.31. The van der Waals surface area contributed by atoms with Crippen LogP contribution < -0.4 is 5.32 Å². The highest BCUT2D eigenvalue weighted by atomic mass is 16.3. The minimum atomic E-state index is -0.499. The number of rotatable bonds is 7. The van der Waals surface area contributed by atoms with Crippen molar-refractivity contribution in [3.8, 4) is 0 Å². The highest BCUT2D eigenvalue weighted by molar-refractivity contribution is 5.97. The van der Waals surface area contributed by atoms with E-state index in [0.29, 0.717) is 11.8 Å². The van der Waals surface area contributed by atoms with Crippen molar-refractivity contribution in [2.75, 3.05) is 39.3 Å². The number of nitrogens with one attached hydrogen (secondary N) is 1. The predicted molar refractivity (Wildman–Crippen MR) is 124 cm³/mol. The van der Waals surface area contributed by atoms with Crippen LogP contribution in [-0.4, -0.2) is 66.1 Å². The van der Waals surface area contributed by atoms with Crippen molar-refractivity contribution in [1.29, 1.82) is 0 Å². The summed E-state index contributed by atoms with van der Waals surface area (Å²) in [6.07, 6.45) is 0.792. The number of hydrogen-bond acceptors (Lipinski definition) is 4. The average Bonchev–Trinajstić information content (AvgIpc) is 3.36. The summed E-state index contributed by atoms with van der Waals surface area (Å²) in [5, 5.41) is 12.1. The zero-order chi connectivity index (χ0) is 22.7. The molecule has 0 aromatic heterocycles. The number of hydrogen-bond donors (Lipinski definition) is 2. The molecule has 0 saturated carbocycles. The second-order valence-electron chi connectivity index (χ2n) is 9.23. The second-order valence-corrected chi connectivity index (χ2v) is 9.23. The smallest absolute Gasteiger partial charge is 0.254 e. The molecule has 2 aliphatic heterocycles. The van der Waals surface area contributed by atoms with Crippen LogP contribution >= 0.6 is 0 Å². The van der Waals surface area contributed by atoms with Crippen LogP contribution in [-0.2, 0) is 4.79 Å². The second kappa shape index (κ2) is 9.84. The molecule has 2 aromatic carbocycles. The van der Waals surface area contributed by atoms with Gasteiger partial charge in [-0.1, -0.05) is 48.5 Å². The van der Waals surface area contributed by atoms with Gasteiger partial charge in [-0.3, -0.25) is 9.59 Å². The van der Waals surface area contributed by atoms with Crippen LogP contribution in [0.5, 0.6) is 0 Å². The van der Waals surface area contributed by atoms with Gasteiger partial charge in [0.2, 0.25) is 5.91 Å². The Balaban J connectivity index is 1.33. The molecule has 32 heavy (non-hydrogen) atoms. The number of carbonyl (C=O) groups is 2. The first-order valence-corrected chi connectivity index (χ1v) is 11.5.